The number of amides is 1. The van der Waals surface area contributed by atoms with Crippen molar-refractivity contribution in [3.8, 4) is 11.3 Å². The van der Waals surface area contributed by atoms with Gasteiger partial charge in [-0.25, -0.2) is 13.2 Å². The zero-order valence-electron chi connectivity index (χ0n) is 12.8. The van der Waals surface area contributed by atoms with Crippen LogP contribution in [0.2, 0.25) is 5.02 Å². The molecule has 0 spiro atoms. The van der Waals surface area contributed by atoms with Gasteiger partial charge < -0.3 is 10.0 Å². The van der Waals surface area contributed by atoms with Crippen molar-refractivity contribution in [1.82, 2.24) is 9.88 Å². The molecule has 1 N–H and O–H groups in total. The first kappa shape index (κ1) is 16.7. The average Bonchev–Trinajstić information content (AvgIpc) is 2.45. The molecule has 0 atom stereocenters. The lowest BCUT2D eigenvalue weighted by Crippen LogP contribution is -2.47. The summed E-state index contributed by atoms with van der Waals surface area (Å²) in [7, 11) is -3.44. The van der Waals surface area contributed by atoms with Gasteiger partial charge in [-0.2, -0.15) is 0 Å². The molecule has 1 aromatic heterocycles. The van der Waals surface area contributed by atoms with Gasteiger partial charge in [0.05, 0.1) is 10.6 Å². The summed E-state index contributed by atoms with van der Waals surface area (Å²) in [5.41, 5.74) is 1.96. The van der Waals surface area contributed by atoms with Crippen LogP contribution in [-0.2, 0) is 9.84 Å². The molecule has 24 heavy (non-hydrogen) atoms. The zero-order valence-corrected chi connectivity index (χ0v) is 14.4. The maximum Gasteiger partial charge on any atom is 0.407 e. The van der Waals surface area contributed by atoms with Crippen LogP contribution in [0.25, 0.3) is 11.3 Å². The highest BCUT2D eigenvalue weighted by molar-refractivity contribution is 7.90. The Labute approximate surface area is 144 Å². The standard InChI is InChI=1S/C16H15ClN2O4S/c1-24(22,23)15-6-12(17)3-4-13(15)14-5-2-10(7-18-14)11-8-19(9-11)16(20)21/h2-7,11H,8-9H2,1H3,(H,20,21). The van der Waals surface area contributed by atoms with Crippen molar-refractivity contribution in [2.24, 2.45) is 0 Å². The predicted molar refractivity (Wildman–Crippen MR) is 90.1 cm³/mol. The molecule has 1 fully saturated rings. The molecule has 1 aliphatic heterocycles. The van der Waals surface area contributed by atoms with Crippen LogP contribution < -0.4 is 0 Å². The highest BCUT2D eigenvalue weighted by atomic mass is 35.5. The van der Waals surface area contributed by atoms with Gasteiger partial charge in [0.25, 0.3) is 0 Å². The minimum absolute atomic E-state index is 0.127. The summed E-state index contributed by atoms with van der Waals surface area (Å²) in [5, 5.41) is 9.21. The predicted octanol–water partition coefficient (Wildman–Crippen LogP) is 2.88. The number of pyridine rings is 1. The van der Waals surface area contributed by atoms with Gasteiger partial charge in [-0.15, -0.1) is 0 Å². The lowest BCUT2D eigenvalue weighted by molar-refractivity contribution is 0.105. The third-order valence-corrected chi connectivity index (χ3v) is 5.40. The molecule has 0 aliphatic carbocycles. The van der Waals surface area contributed by atoms with Crippen molar-refractivity contribution in [3.63, 3.8) is 0 Å². The number of sulfone groups is 1. The molecule has 3 rings (SSSR count). The van der Waals surface area contributed by atoms with Gasteiger partial charge in [-0.1, -0.05) is 23.7 Å². The number of carboxylic acid groups (broad SMARTS) is 1. The highest BCUT2D eigenvalue weighted by Crippen LogP contribution is 2.31. The molecule has 0 radical (unpaired) electrons. The number of halogens is 1. The van der Waals surface area contributed by atoms with Crippen LogP contribution in [0.1, 0.15) is 11.5 Å². The summed E-state index contributed by atoms with van der Waals surface area (Å²) in [5.74, 6) is 0.127. The topological polar surface area (TPSA) is 87.6 Å². The number of benzene rings is 1. The van der Waals surface area contributed by atoms with Crippen LogP contribution in [0, 0.1) is 0 Å². The fourth-order valence-electron chi connectivity index (χ4n) is 2.67. The maximum absolute atomic E-state index is 12.0. The van der Waals surface area contributed by atoms with Gasteiger partial charge in [-0.05, 0) is 23.8 Å². The number of nitrogens with zero attached hydrogens (tertiary/aromatic N) is 2. The van der Waals surface area contributed by atoms with E-state index in [0.717, 1.165) is 11.8 Å². The summed E-state index contributed by atoms with van der Waals surface area (Å²) in [4.78, 5) is 16.6. The second kappa shape index (κ2) is 6.07. The van der Waals surface area contributed by atoms with Crippen molar-refractivity contribution in [2.75, 3.05) is 19.3 Å². The number of hydrogen-bond acceptors (Lipinski definition) is 4. The number of rotatable bonds is 3. The Morgan fingerprint density at radius 2 is 2.00 bits per heavy atom. The SMILES string of the molecule is CS(=O)(=O)c1cc(Cl)ccc1-c1ccc(C2CN(C(=O)O)C2)cn1. The molecule has 2 heterocycles. The quantitative estimate of drug-likeness (QED) is 0.902. The van der Waals surface area contributed by atoms with Crippen molar-refractivity contribution in [1.29, 1.82) is 0 Å². The highest BCUT2D eigenvalue weighted by Gasteiger charge is 2.31. The van der Waals surface area contributed by atoms with E-state index in [1.165, 1.54) is 11.0 Å². The summed E-state index contributed by atoms with van der Waals surface area (Å²) in [6.45, 7) is 0.901. The Hall–Kier alpha value is -2.12. The van der Waals surface area contributed by atoms with E-state index in [1.807, 2.05) is 6.07 Å². The minimum atomic E-state index is -3.44. The number of aromatic nitrogens is 1. The van der Waals surface area contributed by atoms with E-state index in [1.54, 1.807) is 24.4 Å². The molecular formula is C16H15ClN2O4S. The first-order valence-electron chi connectivity index (χ1n) is 7.19. The normalized spacial score (nSPS) is 15.2. The van der Waals surface area contributed by atoms with E-state index in [9.17, 15) is 13.2 Å². The van der Waals surface area contributed by atoms with Crippen LogP contribution in [0.5, 0.6) is 0 Å². The summed E-state index contributed by atoms with van der Waals surface area (Å²) < 4.78 is 23.9. The van der Waals surface area contributed by atoms with Crippen LogP contribution in [0.3, 0.4) is 0 Å². The fourth-order valence-corrected chi connectivity index (χ4v) is 3.82. The van der Waals surface area contributed by atoms with Gasteiger partial charge in [0.1, 0.15) is 0 Å². The van der Waals surface area contributed by atoms with Gasteiger partial charge in [0.2, 0.25) is 0 Å². The van der Waals surface area contributed by atoms with Gasteiger partial charge in [0, 0.05) is 42.0 Å². The van der Waals surface area contributed by atoms with E-state index in [2.05, 4.69) is 4.98 Å². The lowest BCUT2D eigenvalue weighted by atomic mass is 9.93. The molecule has 0 unspecified atom stereocenters. The van der Waals surface area contributed by atoms with Gasteiger partial charge >= 0.3 is 6.09 Å². The maximum atomic E-state index is 12.0. The van der Waals surface area contributed by atoms with E-state index in [4.69, 9.17) is 16.7 Å². The molecule has 6 nitrogen and oxygen atoms in total. The van der Waals surface area contributed by atoms with Gasteiger partial charge in [0.15, 0.2) is 9.84 Å². The average molecular weight is 367 g/mol. The summed E-state index contributed by atoms with van der Waals surface area (Å²) in [6.07, 6.45) is 1.88. The van der Waals surface area contributed by atoms with Crippen LogP contribution in [-0.4, -0.2) is 48.8 Å². The molecule has 0 saturated carbocycles. The molecule has 1 aromatic carbocycles. The number of hydrogen-bond donors (Lipinski definition) is 1. The first-order valence-corrected chi connectivity index (χ1v) is 9.46. The molecule has 2 aromatic rings. The van der Waals surface area contributed by atoms with Crippen LogP contribution >= 0.6 is 11.6 Å². The second-order valence-corrected chi connectivity index (χ2v) is 8.19. The molecule has 0 bridgehead atoms. The number of likely N-dealkylation sites (tertiary alicyclic amines) is 1. The first-order chi connectivity index (χ1) is 11.3. The van der Waals surface area contributed by atoms with Crippen molar-refractivity contribution >= 4 is 27.5 Å². The zero-order chi connectivity index (χ0) is 17.5. The Balaban J connectivity index is 1.89. The molecule has 1 saturated heterocycles. The molecule has 126 valence electrons. The van der Waals surface area contributed by atoms with E-state index < -0.39 is 15.9 Å². The van der Waals surface area contributed by atoms with Crippen LogP contribution in [0.4, 0.5) is 4.79 Å². The summed E-state index contributed by atoms with van der Waals surface area (Å²) in [6, 6.07) is 8.27. The number of carbonyl (C=O) groups is 1. The van der Waals surface area contributed by atoms with E-state index in [0.29, 0.717) is 29.4 Å². The Bertz CT molecular complexity index is 891. The summed E-state index contributed by atoms with van der Waals surface area (Å²) >= 11 is 5.91. The minimum Gasteiger partial charge on any atom is -0.465 e. The van der Waals surface area contributed by atoms with E-state index >= 15 is 0 Å². The monoisotopic (exact) mass is 366 g/mol. The fraction of sp³-hybridized carbons (Fsp3) is 0.250. The van der Waals surface area contributed by atoms with Gasteiger partial charge in [-0.3, -0.25) is 4.98 Å². The largest absolute Gasteiger partial charge is 0.465 e. The third kappa shape index (κ3) is 3.22. The van der Waals surface area contributed by atoms with Crippen molar-refractivity contribution in [2.45, 2.75) is 10.8 Å². The lowest BCUT2D eigenvalue weighted by Gasteiger charge is -2.37. The van der Waals surface area contributed by atoms with E-state index in [-0.39, 0.29) is 10.8 Å². The van der Waals surface area contributed by atoms with Crippen LogP contribution in [0.15, 0.2) is 41.4 Å². The van der Waals surface area contributed by atoms with Crippen molar-refractivity contribution < 1.29 is 18.3 Å². The second-order valence-electron chi connectivity index (χ2n) is 5.77. The molecule has 1 aliphatic rings. The van der Waals surface area contributed by atoms with Crippen molar-refractivity contribution in [3.05, 3.63) is 47.1 Å². The molecule has 8 heteroatoms. The molecule has 1 amide bonds. The molecular weight excluding hydrogens is 352 g/mol. The Morgan fingerprint density at radius 1 is 1.29 bits per heavy atom. The Kier molecular flexibility index (Phi) is 4.23. The Morgan fingerprint density at radius 3 is 2.54 bits per heavy atom. The third-order valence-electron chi connectivity index (χ3n) is 4.03. The smallest absolute Gasteiger partial charge is 0.407 e.